The molecule has 2 N–H and O–H groups in total. The van der Waals surface area contributed by atoms with Gasteiger partial charge in [-0.1, -0.05) is 0 Å². The molecular formula is C12H20N4O. The van der Waals surface area contributed by atoms with Crippen LogP contribution in [0.15, 0.2) is 6.20 Å². The van der Waals surface area contributed by atoms with Crippen LogP contribution in [0.1, 0.15) is 24.1 Å². The van der Waals surface area contributed by atoms with E-state index in [2.05, 4.69) is 15.7 Å². The summed E-state index contributed by atoms with van der Waals surface area (Å²) in [7, 11) is 1.91. The van der Waals surface area contributed by atoms with Gasteiger partial charge in [-0.05, 0) is 32.9 Å². The number of hydrogen-bond donors (Lipinski definition) is 2. The van der Waals surface area contributed by atoms with Crippen LogP contribution in [0.2, 0.25) is 0 Å². The van der Waals surface area contributed by atoms with Crippen molar-refractivity contribution in [3.05, 3.63) is 17.5 Å². The zero-order chi connectivity index (χ0) is 12.3. The van der Waals surface area contributed by atoms with E-state index in [0.29, 0.717) is 6.54 Å². The number of rotatable bonds is 3. The van der Waals surface area contributed by atoms with Crippen LogP contribution in [-0.4, -0.2) is 28.8 Å². The summed E-state index contributed by atoms with van der Waals surface area (Å²) < 4.78 is 1.83. The number of aryl methyl sites for hydroxylation is 1. The summed E-state index contributed by atoms with van der Waals surface area (Å²) >= 11 is 0. The number of carbonyl (C=O) groups is 1. The standard InChI is InChI=1S/C12H20N4O/c1-9-11(8-15-16(9)2)7-14-12(17)10-3-5-13-6-4-10/h8,10,13H,3-7H2,1-2H3,(H,14,17). The molecule has 0 aromatic carbocycles. The lowest BCUT2D eigenvalue weighted by Gasteiger charge is -2.21. The predicted octanol–water partition coefficient (Wildman–Crippen LogP) is 0.344. The van der Waals surface area contributed by atoms with Gasteiger partial charge in [-0.25, -0.2) is 0 Å². The minimum absolute atomic E-state index is 0.174. The number of hydrogen-bond acceptors (Lipinski definition) is 3. The first-order valence-corrected chi connectivity index (χ1v) is 6.14. The van der Waals surface area contributed by atoms with Crippen LogP contribution >= 0.6 is 0 Å². The van der Waals surface area contributed by atoms with E-state index < -0.39 is 0 Å². The van der Waals surface area contributed by atoms with Crippen molar-refractivity contribution in [3.63, 3.8) is 0 Å². The summed E-state index contributed by atoms with van der Waals surface area (Å²) in [5.41, 5.74) is 2.20. The Hall–Kier alpha value is -1.36. The number of nitrogens with one attached hydrogen (secondary N) is 2. The van der Waals surface area contributed by atoms with Crippen molar-refractivity contribution in [2.45, 2.75) is 26.3 Å². The van der Waals surface area contributed by atoms with Crippen LogP contribution in [0.3, 0.4) is 0 Å². The second-order valence-corrected chi connectivity index (χ2v) is 4.62. The molecule has 0 bridgehead atoms. The highest BCUT2D eigenvalue weighted by molar-refractivity contribution is 5.78. The van der Waals surface area contributed by atoms with Crippen molar-refractivity contribution in [3.8, 4) is 0 Å². The average molecular weight is 236 g/mol. The van der Waals surface area contributed by atoms with E-state index in [1.807, 2.05) is 24.9 Å². The van der Waals surface area contributed by atoms with Gasteiger partial charge in [0.1, 0.15) is 0 Å². The minimum atomic E-state index is 0.174. The lowest BCUT2D eigenvalue weighted by Crippen LogP contribution is -2.37. The van der Waals surface area contributed by atoms with Crippen LogP contribution in [0.4, 0.5) is 0 Å². The molecule has 1 amide bonds. The van der Waals surface area contributed by atoms with E-state index in [1.165, 1.54) is 0 Å². The largest absolute Gasteiger partial charge is 0.352 e. The second kappa shape index (κ2) is 5.31. The molecule has 1 aliphatic rings. The highest BCUT2D eigenvalue weighted by Crippen LogP contribution is 2.12. The first-order valence-electron chi connectivity index (χ1n) is 6.14. The molecule has 1 fully saturated rings. The second-order valence-electron chi connectivity index (χ2n) is 4.62. The first kappa shape index (κ1) is 12.1. The molecule has 17 heavy (non-hydrogen) atoms. The number of aromatic nitrogens is 2. The molecule has 0 unspecified atom stereocenters. The highest BCUT2D eigenvalue weighted by atomic mass is 16.1. The molecule has 0 atom stereocenters. The molecule has 1 aromatic rings. The maximum absolute atomic E-state index is 11.9. The quantitative estimate of drug-likeness (QED) is 0.796. The Labute approximate surface area is 102 Å². The smallest absolute Gasteiger partial charge is 0.223 e. The van der Waals surface area contributed by atoms with E-state index in [4.69, 9.17) is 0 Å². The molecule has 94 valence electrons. The summed E-state index contributed by atoms with van der Waals surface area (Å²) in [6.45, 7) is 4.50. The van der Waals surface area contributed by atoms with Gasteiger partial charge < -0.3 is 10.6 Å². The zero-order valence-electron chi connectivity index (χ0n) is 10.5. The van der Waals surface area contributed by atoms with Gasteiger partial charge in [-0.2, -0.15) is 5.10 Å². The normalized spacial score (nSPS) is 17.1. The van der Waals surface area contributed by atoms with E-state index in [9.17, 15) is 4.79 Å². The minimum Gasteiger partial charge on any atom is -0.352 e. The number of piperidine rings is 1. The predicted molar refractivity (Wildman–Crippen MR) is 65.4 cm³/mol. The SMILES string of the molecule is Cc1c(CNC(=O)C2CCNCC2)cnn1C. The third-order valence-corrected chi connectivity index (χ3v) is 3.50. The Morgan fingerprint density at radius 3 is 2.88 bits per heavy atom. The fraction of sp³-hybridized carbons (Fsp3) is 0.667. The number of carbonyl (C=O) groups excluding carboxylic acids is 1. The van der Waals surface area contributed by atoms with Gasteiger partial charge in [0.25, 0.3) is 0 Å². The molecular weight excluding hydrogens is 216 g/mol. The average Bonchev–Trinajstić information content (AvgIpc) is 2.68. The van der Waals surface area contributed by atoms with Gasteiger partial charge in [0.05, 0.1) is 6.20 Å². The molecule has 1 saturated heterocycles. The number of nitrogens with zero attached hydrogens (tertiary/aromatic N) is 2. The first-order chi connectivity index (χ1) is 8.18. The summed E-state index contributed by atoms with van der Waals surface area (Å²) in [5, 5.41) is 10.4. The van der Waals surface area contributed by atoms with Crippen molar-refractivity contribution in [1.29, 1.82) is 0 Å². The van der Waals surface area contributed by atoms with Crippen LogP contribution in [0, 0.1) is 12.8 Å². The van der Waals surface area contributed by atoms with Gasteiger partial charge in [0, 0.05) is 30.8 Å². The molecule has 0 spiro atoms. The lowest BCUT2D eigenvalue weighted by atomic mass is 9.97. The van der Waals surface area contributed by atoms with Crippen LogP contribution < -0.4 is 10.6 Å². The molecule has 5 nitrogen and oxygen atoms in total. The monoisotopic (exact) mass is 236 g/mol. The molecule has 0 radical (unpaired) electrons. The molecule has 2 heterocycles. The Morgan fingerprint density at radius 2 is 2.29 bits per heavy atom. The summed E-state index contributed by atoms with van der Waals surface area (Å²) in [5.74, 6) is 0.350. The van der Waals surface area contributed by atoms with Gasteiger partial charge in [0.15, 0.2) is 0 Å². The molecule has 1 aliphatic heterocycles. The van der Waals surface area contributed by atoms with Gasteiger partial charge in [-0.3, -0.25) is 9.48 Å². The zero-order valence-corrected chi connectivity index (χ0v) is 10.5. The van der Waals surface area contributed by atoms with E-state index in [-0.39, 0.29) is 11.8 Å². The Kier molecular flexibility index (Phi) is 3.78. The van der Waals surface area contributed by atoms with Gasteiger partial charge in [-0.15, -0.1) is 0 Å². The fourth-order valence-electron chi connectivity index (χ4n) is 2.13. The van der Waals surface area contributed by atoms with Gasteiger partial charge in [0.2, 0.25) is 5.91 Å². The third-order valence-electron chi connectivity index (χ3n) is 3.50. The van der Waals surface area contributed by atoms with Crippen LogP contribution in [-0.2, 0) is 18.4 Å². The van der Waals surface area contributed by atoms with Crippen molar-refractivity contribution < 1.29 is 4.79 Å². The molecule has 0 saturated carbocycles. The maximum atomic E-state index is 11.9. The molecule has 2 rings (SSSR count). The summed E-state index contributed by atoms with van der Waals surface area (Å²) in [6.07, 6.45) is 3.70. The Balaban J connectivity index is 1.85. The van der Waals surface area contributed by atoms with E-state index in [1.54, 1.807) is 0 Å². The molecule has 5 heteroatoms. The van der Waals surface area contributed by atoms with E-state index >= 15 is 0 Å². The van der Waals surface area contributed by atoms with E-state index in [0.717, 1.165) is 37.2 Å². The highest BCUT2D eigenvalue weighted by Gasteiger charge is 2.20. The Morgan fingerprint density at radius 1 is 1.59 bits per heavy atom. The van der Waals surface area contributed by atoms with Crippen molar-refractivity contribution in [2.75, 3.05) is 13.1 Å². The third kappa shape index (κ3) is 2.85. The fourth-order valence-corrected chi connectivity index (χ4v) is 2.13. The maximum Gasteiger partial charge on any atom is 0.223 e. The summed E-state index contributed by atoms with van der Waals surface area (Å²) in [4.78, 5) is 11.9. The molecule has 0 aliphatic carbocycles. The van der Waals surface area contributed by atoms with Gasteiger partial charge >= 0.3 is 0 Å². The van der Waals surface area contributed by atoms with Crippen LogP contribution in [0.25, 0.3) is 0 Å². The van der Waals surface area contributed by atoms with Crippen molar-refractivity contribution in [2.24, 2.45) is 13.0 Å². The Bertz CT molecular complexity index is 393. The molecule has 1 aromatic heterocycles. The van der Waals surface area contributed by atoms with Crippen LogP contribution in [0.5, 0.6) is 0 Å². The number of amides is 1. The van der Waals surface area contributed by atoms with Crippen molar-refractivity contribution >= 4 is 5.91 Å². The summed E-state index contributed by atoms with van der Waals surface area (Å²) in [6, 6.07) is 0. The lowest BCUT2D eigenvalue weighted by molar-refractivity contribution is -0.125. The van der Waals surface area contributed by atoms with Crippen molar-refractivity contribution in [1.82, 2.24) is 20.4 Å². The topological polar surface area (TPSA) is 59.0 Å².